The van der Waals surface area contributed by atoms with E-state index >= 15 is 0 Å². The van der Waals surface area contributed by atoms with Gasteiger partial charge in [-0.25, -0.2) is 4.39 Å². The van der Waals surface area contributed by atoms with E-state index in [1.165, 1.54) is 12.1 Å². The molecule has 2 N–H and O–H groups in total. The second kappa shape index (κ2) is 6.97. The number of ether oxygens (including phenoxy) is 1. The lowest BCUT2D eigenvalue weighted by atomic mass is 10.1. The summed E-state index contributed by atoms with van der Waals surface area (Å²) in [5.41, 5.74) is -0.0503. The van der Waals surface area contributed by atoms with Crippen molar-refractivity contribution in [1.29, 1.82) is 0 Å². The Bertz CT molecular complexity index is 427. The van der Waals surface area contributed by atoms with Crippen molar-refractivity contribution in [3.05, 3.63) is 30.1 Å². The first-order valence-corrected chi connectivity index (χ1v) is 6.28. The highest BCUT2D eigenvalue weighted by atomic mass is 19.1. The van der Waals surface area contributed by atoms with Gasteiger partial charge in [-0.05, 0) is 32.9 Å². The van der Waals surface area contributed by atoms with Gasteiger partial charge in [0.25, 0.3) is 0 Å². The summed E-state index contributed by atoms with van der Waals surface area (Å²) in [6, 6.07) is 6.10. The van der Waals surface area contributed by atoms with Crippen molar-refractivity contribution in [3.8, 4) is 5.75 Å². The number of nitrogens with one attached hydrogen (secondary N) is 2. The minimum atomic E-state index is -0.296. The molecule has 0 radical (unpaired) electrons. The van der Waals surface area contributed by atoms with Crippen LogP contribution in [0.2, 0.25) is 0 Å². The Labute approximate surface area is 114 Å². The Balaban J connectivity index is 2.30. The maximum atomic E-state index is 12.9. The number of guanidine groups is 1. The Hall–Kier alpha value is -1.78. The van der Waals surface area contributed by atoms with Crippen LogP contribution in [0.3, 0.4) is 0 Å². The molecule has 0 aliphatic rings. The highest BCUT2D eigenvalue weighted by molar-refractivity contribution is 5.80. The minimum absolute atomic E-state index is 0.0503. The van der Waals surface area contributed by atoms with Gasteiger partial charge < -0.3 is 15.4 Å². The lowest BCUT2D eigenvalue weighted by molar-refractivity contribution is 0.319. The lowest BCUT2D eigenvalue weighted by Gasteiger charge is -2.23. The normalized spacial score (nSPS) is 12.2. The highest BCUT2D eigenvalue weighted by Gasteiger charge is 2.11. The maximum absolute atomic E-state index is 12.9. The highest BCUT2D eigenvalue weighted by Crippen LogP contribution is 2.11. The molecule has 4 nitrogen and oxygen atoms in total. The average molecular weight is 267 g/mol. The predicted octanol–water partition coefficient (Wildman–Crippen LogP) is 2.17. The molecule has 0 amide bonds. The second-order valence-electron chi connectivity index (χ2n) is 5.18. The van der Waals surface area contributed by atoms with Crippen molar-refractivity contribution in [1.82, 2.24) is 10.6 Å². The number of benzene rings is 1. The van der Waals surface area contributed by atoms with Crippen molar-refractivity contribution in [2.24, 2.45) is 4.99 Å². The summed E-state index contributed by atoms with van der Waals surface area (Å²) in [6.07, 6.45) is 0. The number of hydrogen-bond acceptors (Lipinski definition) is 2. The van der Waals surface area contributed by atoms with Gasteiger partial charge in [-0.15, -0.1) is 0 Å². The first-order valence-electron chi connectivity index (χ1n) is 6.28. The minimum Gasteiger partial charge on any atom is -0.492 e. The Morgan fingerprint density at radius 1 is 1.37 bits per heavy atom. The van der Waals surface area contributed by atoms with E-state index in [1.54, 1.807) is 19.2 Å². The van der Waals surface area contributed by atoms with E-state index in [2.05, 4.69) is 36.4 Å². The second-order valence-corrected chi connectivity index (χ2v) is 5.18. The third-order valence-electron chi connectivity index (χ3n) is 2.18. The largest absolute Gasteiger partial charge is 0.492 e. The van der Waals surface area contributed by atoms with Crippen molar-refractivity contribution in [2.75, 3.05) is 20.2 Å². The first kappa shape index (κ1) is 15.3. The zero-order chi connectivity index (χ0) is 14.3. The van der Waals surface area contributed by atoms with Crippen LogP contribution in [0, 0.1) is 5.82 Å². The molecule has 0 heterocycles. The van der Waals surface area contributed by atoms with Crippen LogP contribution in [0.25, 0.3) is 0 Å². The molecule has 1 aromatic carbocycles. The summed E-state index contributed by atoms with van der Waals surface area (Å²) in [5.74, 6) is 0.951. The molecule has 0 saturated carbocycles. The zero-order valence-electron chi connectivity index (χ0n) is 12.0. The third kappa shape index (κ3) is 6.64. The molecule has 19 heavy (non-hydrogen) atoms. The molecule has 1 aromatic rings. The van der Waals surface area contributed by atoms with Crippen LogP contribution in [0.5, 0.6) is 5.75 Å². The van der Waals surface area contributed by atoms with Crippen LogP contribution in [0.1, 0.15) is 20.8 Å². The van der Waals surface area contributed by atoms with Crippen LogP contribution >= 0.6 is 0 Å². The van der Waals surface area contributed by atoms with Crippen LogP contribution in [0.4, 0.5) is 4.39 Å². The molecule has 0 atom stereocenters. The summed E-state index contributed by atoms with van der Waals surface area (Å²) in [7, 11) is 1.72. The fourth-order valence-corrected chi connectivity index (χ4v) is 1.43. The summed E-state index contributed by atoms with van der Waals surface area (Å²) in [6.45, 7) is 7.20. The van der Waals surface area contributed by atoms with Crippen molar-refractivity contribution in [2.45, 2.75) is 26.3 Å². The maximum Gasteiger partial charge on any atom is 0.191 e. The first-order chi connectivity index (χ1) is 8.90. The molecule has 0 spiro atoms. The van der Waals surface area contributed by atoms with Crippen molar-refractivity contribution >= 4 is 5.96 Å². The summed E-state index contributed by atoms with van der Waals surface area (Å²) in [5, 5.41) is 6.37. The molecule has 0 unspecified atom stereocenters. The fourth-order valence-electron chi connectivity index (χ4n) is 1.43. The predicted molar refractivity (Wildman–Crippen MR) is 76.1 cm³/mol. The molecular weight excluding hydrogens is 245 g/mol. The zero-order valence-corrected chi connectivity index (χ0v) is 12.0. The summed E-state index contributed by atoms with van der Waals surface area (Å²) in [4.78, 5) is 4.11. The Morgan fingerprint density at radius 3 is 2.68 bits per heavy atom. The molecule has 106 valence electrons. The Morgan fingerprint density at radius 2 is 2.11 bits per heavy atom. The van der Waals surface area contributed by atoms with Gasteiger partial charge in [0.15, 0.2) is 5.96 Å². The molecule has 0 saturated heterocycles. The molecule has 0 bridgehead atoms. The smallest absolute Gasteiger partial charge is 0.191 e. The summed E-state index contributed by atoms with van der Waals surface area (Å²) < 4.78 is 18.3. The van der Waals surface area contributed by atoms with Gasteiger partial charge >= 0.3 is 0 Å². The van der Waals surface area contributed by atoms with Gasteiger partial charge in [0.1, 0.15) is 18.2 Å². The number of rotatable bonds is 4. The molecule has 0 aliphatic heterocycles. The van der Waals surface area contributed by atoms with Gasteiger partial charge in [0, 0.05) is 18.7 Å². The van der Waals surface area contributed by atoms with E-state index in [-0.39, 0.29) is 11.4 Å². The molecule has 1 rings (SSSR count). The average Bonchev–Trinajstić information content (AvgIpc) is 2.31. The van der Waals surface area contributed by atoms with Crippen LogP contribution < -0.4 is 15.4 Å². The number of hydrogen-bond donors (Lipinski definition) is 2. The van der Waals surface area contributed by atoms with Crippen LogP contribution in [-0.4, -0.2) is 31.7 Å². The van der Waals surface area contributed by atoms with E-state index < -0.39 is 0 Å². The van der Waals surface area contributed by atoms with Crippen LogP contribution in [0.15, 0.2) is 29.3 Å². The quantitative estimate of drug-likeness (QED) is 0.499. The van der Waals surface area contributed by atoms with E-state index in [9.17, 15) is 4.39 Å². The SMILES string of the molecule is CN=C(NCCOc1cccc(F)c1)NC(C)(C)C. The topological polar surface area (TPSA) is 45.7 Å². The van der Waals surface area contributed by atoms with E-state index in [0.29, 0.717) is 18.9 Å². The van der Waals surface area contributed by atoms with E-state index in [0.717, 1.165) is 5.96 Å². The van der Waals surface area contributed by atoms with Crippen LogP contribution in [-0.2, 0) is 0 Å². The Kier molecular flexibility index (Phi) is 5.60. The van der Waals surface area contributed by atoms with E-state index in [1.807, 2.05) is 0 Å². The molecule has 0 aliphatic carbocycles. The third-order valence-corrected chi connectivity index (χ3v) is 2.18. The lowest BCUT2D eigenvalue weighted by Crippen LogP contribution is -2.48. The molecular formula is C14H22FN3O. The van der Waals surface area contributed by atoms with Gasteiger partial charge in [-0.2, -0.15) is 0 Å². The van der Waals surface area contributed by atoms with E-state index in [4.69, 9.17) is 4.74 Å². The molecule has 0 aromatic heterocycles. The standard InChI is InChI=1S/C14H22FN3O/c1-14(2,3)18-13(16-4)17-8-9-19-12-7-5-6-11(15)10-12/h5-7,10H,8-9H2,1-4H3,(H2,16,17,18). The van der Waals surface area contributed by atoms with Gasteiger partial charge in [-0.1, -0.05) is 6.07 Å². The number of aliphatic imine (C=N–C) groups is 1. The van der Waals surface area contributed by atoms with Crippen molar-refractivity contribution < 1.29 is 9.13 Å². The number of nitrogens with zero attached hydrogens (tertiary/aromatic N) is 1. The molecule has 5 heteroatoms. The van der Waals surface area contributed by atoms with Crippen molar-refractivity contribution in [3.63, 3.8) is 0 Å². The van der Waals surface area contributed by atoms with Gasteiger partial charge in [0.2, 0.25) is 0 Å². The molecule has 0 fully saturated rings. The monoisotopic (exact) mass is 267 g/mol. The van der Waals surface area contributed by atoms with Gasteiger partial charge in [0.05, 0.1) is 6.54 Å². The number of halogens is 1. The fraction of sp³-hybridized carbons (Fsp3) is 0.500. The van der Waals surface area contributed by atoms with Gasteiger partial charge in [-0.3, -0.25) is 4.99 Å². The summed E-state index contributed by atoms with van der Waals surface area (Å²) >= 11 is 0.